The summed E-state index contributed by atoms with van der Waals surface area (Å²) in [5, 5.41) is 19.9. The maximum absolute atomic E-state index is 9.97. The summed E-state index contributed by atoms with van der Waals surface area (Å²) in [6.45, 7) is 2.86. The Morgan fingerprint density at radius 1 is 1.36 bits per heavy atom. The van der Waals surface area contributed by atoms with Gasteiger partial charge in [-0.05, 0) is 6.58 Å². The van der Waals surface area contributed by atoms with E-state index < -0.39 is 21.2 Å². The molecule has 0 aliphatic heterocycles. The van der Waals surface area contributed by atoms with Crippen molar-refractivity contribution in [2.24, 2.45) is 5.73 Å². The molecule has 0 aromatic carbocycles. The van der Waals surface area contributed by atoms with E-state index in [1.165, 1.54) is 0 Å². The highest BCUT2D eigenvalue weighted by Crippen LogP contribution is 2.06. The van der Waals surface area contributed by atoms with Crippen molar-refractivity contribution in [3.05, 3.63) is 44.4 Å². The van der Waals surface area contributed by atoms with Crippen LogP contribution in [-0.4, -0.2) is 9.85 Å². The minimum Gasteiger partial charge on any atom is -0.399 e. The summed E-state index contributed by atoms with van der Waals surface area (Å²) in [6.07, 6.45) is 0.533. The summed E-state index contributed by atoms with van der Waals surface area (Å²) in [4.78, 5) is 17.9. The fourth-order valence-electron chi connectivity index (χ4n) is 0.356. The number of rotatable bonds is 3. The minimum atomic E-state index is -0.971. The van der Waals surface area contributed by atoms with Crippen LogP contribution in [0.5, 0.6) is 0 Å². The van der Waals surface area contributed by atoms with Crippen LogP contribution >= 0.6 is 0 Å². The lowest BCUT2D eigenvalue weighted by Crippen LogP contribution is -2.10. The molecule has 0 aromatic rings. The molecule has 0 atom stereocenters. The van der Waals surface area contributed by atoms with Crippen molar-refractivity contribution in [2.75, 3.05) is 0 Å². The second-order valence-electron chi connectivity index (χ2n) is 1.51. The summed E-state index contributed by atoms with van der Waals surface area (Å²) in [5.74, 6) is 0. The Bertz CT molecular complexity index is 244. The summed E-state index contributed by atoms with van der Waals surface area (Å²) in [7, 11) is 0. The van der Waals surface area contributed by atoms with Gasteiger partial charge in [-0.15, -0.1) is 0 Å². The topological polar surface area (TPSA) is 112 Å². The second kappa shape index (κ2) is 3.30. The van der Waals surface area contributed by atoms with Crippen LogP contribution in [0, 0.1) is 20.2 Å². The van der Waals surface area contributed by atoms with Gasteiger partial charge in [0.15, 0.2) is 0 Å². The Morgan fingerprint density at radius 2 is 1.82 bits per heavy atom. The van der Waals surface area contributed by atoms with Crippen molar-refractivity contribution in [1.82, 2.24) is 0 Å². The van der Waals surface area contributed by atoms with Gasteiger partial charge in [-0.3, -0.25) is 20.2 Å². The van der Waals surface area contributed by atoms with Crippen LogP contribution in [0.3, 0.4) is 0 Å². The third-order valence-electron chi connectivity index (χ3n) is 0.871. The van der Waals surface area contributed by atoms with Crippen LogP contribution in [0.25, 0.3) is 0 Å². The molecular formula is C4H5N3O4. The number of nitro groups is 2. The van der Waals surface area contributed by atoms with Gasteiger partial charge < -0.3 is 5.73 Å². The van der Waals surface area contributed by atoms with Gasteiger partial charge in [-0.25, -0.2) is 0 Å². The highest BCUT2D eigenvalue weighted by atomic mass is 16.6. The smallest absolute Gasteiger partial charge is 0.360 e. The largest absolute Gasteiger partial charge is 0.399 e. The monoisotopic (exact) mass is 159 g/mol. The predicted octanol–water partition coefficient (Wildman–Crippen LogP) is -0.146. The average molecular weight is 159 g/mol. The van der Waals surface area contributed by atoms with E-state index in [-0.39, 0.29) is 0 Å². The Labute approximate surface area is 61.1 Å². The molecule has 0 unspecified atom stereocenters. The molecule has 0 aliphatic carbocycles. The van der Waals surface area contributed by atoms with E-state index in [4.69, 9.17) is 5.73 Å². The van der Waals surface area contributed by atoms with E-state index in [1.807, 2.05) is 0 Å². The first-order valence-electron chi connectivity index (χ1n) is 2.40. The van der Waals surface area contributed by atoms with Crippen molar-refractivity contribution in [3.8, 4) is 0 Å². The van der Waals surface area contributed by atoms with Gasteiger partial charge in [0.05, 0.1) is 16.0 Å². The lowest BCUT2D eigenvalue weighted by Gasteiger charge is -1.91. The molecule has 7 nitrogen and oxygen atoms in total. The van der Waals surface area contributed by atoms with Crippen molar-refractivity contribution in [1.29, 1.82) is 0 Å². The van der Waals surface area contributed by atoms with Crippen LogP contribution < -0.4 is 5.73 Å². The Balaban J connectivity index is 4.69. The molecule has 0 fully saturated rings. The van der Waals surface area contributed by atoms with E-state index in [0.29, 0.717) is 6.20 Å². The molecule has 7 heteroatoms. The van der Waals surface area contributed by atoms with Gasteiger partial charge in [0.2, 0.25) is 0 Å². The van der Waals surface area contributed by atoms with Gasteiger partial charge in [0.25, 0.3) is 0 Å². The molecule has 0 saturated heterocycles. The third-order valence-corrected chi connectivity index (χ3v) is 0.871. The van der Waals surface area contributed by atoms with E-state index >= 15 is 0 Å². The van der Waals surface area contributed by atoms with E-state index in [0.717, 1.165) is 0 Å². The molecule has 0 aromatic heterocycles. The minimum absolute atomic E-state index is 0.533. The van der Waals surface area contributed by atoms with Crippen molar-refractivity contribution < 1.29 is 9.85 Å². The van der Waals surface area contributed by atoms with Crippen molar-refractivity contribution in [2.45, 2.75) is 0 Å². The molecule has 2 N–H and O–H groups in total. The Kier molecular flexibility index (Phi) is 2.72. The Hall–Kier alpha value is -1.92. The van der Waals surface area contributed by atoms with Crippen LogP contribution in [0.2, 0.25) is 0 Å². The molecule has 0 radical (unpaired) electrons. The molecule has 0 aliphatic rings. The highest BCUT2D eigenvalue weighted by Gasteiger charge is 2.24. The maximum atomic E-state index is 9.97. The fraction of sp³-hybridized carbons (Fsp3) is 0. The van der Waals surface area contributed by atoms with E-state index in [1.54, 1.807) is 0 Å². The normalized spacial score (nSPS) is 10.7. The highest BCUT2D eigenvalue weighted by molar-refractivity contribution is 5.12. The van der Waals surface area contributed by atoms with Crippen LogP contribution in [-0.2, 0) is 0 Å². The zero-order valence-corrected chi connectivity index (χ0v) is 5.39. The van der Waals surface area contributed by atoms with E-state index in [9.17, 15) is 20.2 Å². The van der Waals surface area contributed by atoms with Crippen LogP contribution in [0.15, 0.2) is 24.2 Å². The summed E-state index contributed by atoms with van der Waals surface area (Å²) in [6, 6.07) is 0. The molecule has 0 saturated carbocycles. The van der Waals surface area contributed by atoms with Crippen LogP contribution in [0.1, 0.15) is 0 Å². The lowest BCUT2D eigenvalue weighted by molar-refractivity contribution is -0.479. The first-order valence-corrected chi connectivity index (χ1v) is 2.40. The Morgan fingerprint density at radius 3 is 1.91 bits per heavy atom. The lowest BCUT2D eigenvalue weighted by atomic mass is 10.4. The predicted molar refractivity (Wildman–Crippen MR) is 35.4 cm³/mol. The van der Waals surface area contributed by atoms with Gasteiger partial charge in [0.1, 0.15) is 0 Å². The number of hydrogen-bond acceptors (Lipinski definition) is 5. The first kappa shape index (κ1) is 9.08. The van der Waals surface area contributed by atoms with Gasteiger partial charge in [0, 0.05) is 0 Å². The van der Waals surface area contributed by atoms with Crippen molar-refractivity contribution >= 4 is 0 Å². The van der Waals surface area contributed by atoms with Gasteiger partial charge >= 0.3 is 11.4 Å². The molecule has 0 heterocycles. The molecule has 60 valence electrons. The number of nitrogens with zero attached hydrogens (tertiary/aromatic N) is 2. The van der Waals surface area contributed by atoms with Gasteiger partial charge in [-0.1, -0.05) is 0 Å². The number of nitrogens with two attached hydrogens (primary N) is 1. The third kappa shape index (κ3) is 2.05. The summed E-state index contributed by atoms with van der Waals surface area (Å²) in [5.41, 5.74) is 3.13. The van der Waals surface area contributed by atoms with Crippen LogP contribution in [0.4, 0.5) is 0 Å². The molecule has 0 amide bonds. The quantitative estimate of drug-likeness (QED) is 0.349. The second-order valence-corrected chi connectivity index (χ2v) is 1.51. The molecule has 0 spiro atoms. The summed E-state index contributed by atoms with van der Waals surface area (Å²) < 4.78 is 0. The molecule has 0 bridgehead atoms. The molecular weight excluding hydrogens is 154 g/mol. The first-order chi connectivity index (χ1) is 5.00. The maximum Gasteiger partial charge on any atom is 0.360 e. The standard InChI is InChI=1S/C4H5N3O4/c1-3(6(8)9)4(2-5)7(10)11/h2H,1,5H2. The fourth-order valence-corrected chi connectivity index (χ4v) is 0.356. The van der Waals surface area contributed by atoms with Crippen molar-refractivity contribution in [3.63, 3.8) is 0 Å². The molecule has 0 rings (SSSR count). The average Bonchev–Trinajstić information content (AvgIpc) is 1.88. The zero-order valence-electron chi connectivity index (χ0n) is 5.39. The van der Waals surface area contributed by atoms with Gasteiger partial charge in [-0.2, -0.15) is 0 Å². The summed E-state index contributed by atoms with van der Waals surface area (Å²) >= 11 is 0. The SMILES string of the molecule is C=C(C(=CN)[N+](=O)[O-])[N+](=O)[O-]. The molecule has 11 heavy (non-hydrogen) atoms. The number of hydrogen-bond donors (Lipinski definition) is 1. The zero-order chi connectivity index (χ0) is 9.02. The van der Waals surface area contributed by atoms with E-state index in [2.05, 4.69) is 6.58 Å².